The average Bonchev–Trinajstić information content (AvgIpc) is 3.18. The Balaban J connectivity index is 1.59. The van der Waals surface area contributed by atoms with Gasteiger partial charge in [0.2, 0.25) is 0 Å². The van der Waals surface area contributed by atoms with Crippen molar-refractivity contribution in [2.24, 2.45) is 5.10 Å². The predicted octanol–water partition coefficient (Wildman–Crippen LogP) is 1.76. The molecule has 3 rings (SSSR count). The molecule has 0 aliphatic heterocycles. The van der Waals surface area contributed by atoms with E-state index < -0.39 is 0 Å². The third kappa shape index (κ3) is 2.85. The molecule has 1 saturated carbocycles. The molecule has 6 heteroatoms. The molecule has 1 aromatic heterocycles. The molecule has 6 nitrogen and oxygen atoms in total. The van der Waals surface area contributed by atoms with E-state index in [0.717, 1.165) is 24.1 Å². The first-order valence-corrected chi connectivity index (χ1v) is 6.40. The summed E-state index contributed by atoms with van der Waals surface area (Å²) in [7, 11) is 0. The first-order valence-electron chi connectivity index (χ1n) is 6.40. The molecule has 0 bridgehead atoms. The summed E-state index contributed by atoms with van der Waals surface area (Å²) in [6.07, 6.45) is 3.82. The Morgan fingerprint density at radius 3 is 2.85 bits per heavy atom. The lowest BCUT2D eigenvalue weighted by Crippen LogP contribution is -2.17. The largest absolute Gasteiger partial charge is 0.508 e. The standard InChI is InChI=1S/C14H14N4O2/c19-11-5-1-9(2-6-11)8-15-18-14(20)13-7-12(16-17-13)10-3-4-10/h1-2,5-8,10,19H,3-4H2,(H,16,17)(H,18,20)/b15-8+. The van der Waals surface area contributed by atoms with Crippen LogP contribution >= 0.6 is 0 Å². The van der Waals surface area contributed by atoms with Gasteiger partial charge in [0.25, 0.3) is 5.91 Å². The minimum atomic E-state index is -0.344. The van der Waals surface area contributed by atoms with E-state index in [1.807, 2.05) is 0 Å². The molecule has 3 N–H and O–H groups in total. The van der Waals surface area contributed by atoms with Crippen LogP contribution in [0.5, 0.6) is 5.75 Å². The number of nitrogens with zero attached hydrogens (tertiary/aromatic N) is 2. The van der Waals surface area contributed by atoms with Gasteiger partial charge in [0.15, 0.2) is 5.69 Å². The summed E-state index contributed by atoms with van der Waals surface area (Å²) in [5.74, 6) is 0.378. The number of phenols is 1. The van der Waals surface area contributed by atoms with Gasteiger partial charge in [-0.25, -0.2) is 5.43 Å². The summed E-state index contributed by atoms with van der Waals surface area (Å²) < 4.78 is 0. The van der Waals surface area contributed by atoms with Crippen LogP contribution in [0.1, 0.15) is 40.5 Å². The number of benzene rings is 1. The quantitative estimate of drug-likeness (QED) is 0.584. The summed E-state index contributed by atoms with van der Waals surface area (Å²) in [4.78, 5) is 11.8. The van der Waals surface area contributed by atoms with Crippen molar-refractivity contribution >= 4 is 12.1 Å². The number of hydrogen-bond acceptors (Lipinski definition) is 4. The van der Waals surface area contributed by atoms with Crippen molar-refractivity contribution in [3.8, 4) is 5.75 Å². The van der Waals surface area contributed by atoms with Crippen molar-refractivity contribution in [2.75, 3.05) is 0 Å². The fourth-order valence-electron chi connectivity index (χ4n) is 1.84. The number of rotatable bonds is 4. The maximum Gasteiger partial charge on any atom is 0.291 e. The van der Waals surface area contributed by atoms with Crippen LogP contribution in [0, 0.1) is 0 Å². The van der Waals surface area contributed by atoms with Gasteiger partial charge in [-0.05, 0) is 48.7 Å². The molecule has 2 aromatic rings. The highest BCUT2D eigenvalue weighted by Gasteiger charge is 2.26. The van der Waals surface area contributed by atoms with Crippen LogP contribution in [-0.2, 0) is 0 Å². The van der Waals surface area contributed by atoms with E-state index in [-0.39, 0.29) is 11.7 Å². The number of carbonyl (C=O) groups is 1. The molecule has 1 heterocycles. The summed E-state index contributed by atoms with van der Waals surface area (Å²) in [5.41, 5.74) is 4.56. The molecule has 102 valence electrons. The Morgan fingerprint density at radius 2 is 2.15 bits per heavy atom. The Bertz CT molecular complexity index is 641. The summed E-state index contributed by atoms with van der Waals surface area (Å²) >= 11 is 0. The number of hydrazone groups is 1. The average molecular weight is 270 g/mol. The number of aromatic nitrogens is 2. The maximum absolute atomic E-state index is 11.8. The lowest BCUT2D eigenvalue weighted by atomic mass is 10.2. The van der Waals surface area contributed by atoms with Gasteiger partial charge in [0.1, 0.15) is 5.75 Å². The molecule has 0 unspecified atom stereocenters. The lowest BCUT2D eigenvalue weighted by Gasteiger charge is -1.95. The minimum Gasteiger partial charge on any atom is -0.508 e. The van der Waals surface area contributed by atoms with Crippen molar-refractivity contribution in [1.82, 2.24) is 15.6 Å². The summed E-state index contributed by atoms with van der Waals surface area (Å²) in [6.45, 7) is 0. The molecule has 1 aromatic carbocycles. The van der Waals surface area contributed by atoms with Crippen LogP contribution in [0.4, 0.5) is 0 Å². The van der Waals surface area contributed by atoms with Crippen molar-refractivity contribution in [3.63, 3.8) is 0 Å². The van der Waals surface area contributed by atoms with Gasteiger partial charge in [-0.2, -0.15) is 10.2 Å². The van der Waals surface area contributed by atoms with Crippen LogP contribution in [0.2, 0.25) is 0 Å². The third-order valence-corrected chi connectivity index (χ3v) is 3.12. The van der Waals surface area contributed by atoms with Crippen LogP contribution < -0.4 is 5.43 Å². The smallest absolute Gasteiger partial charge is 0.291 e. The van der Waals surface area contributed by atoms with Crippen LogP contribution in [0.15, 0.2) is 35.4 Å². The van der Waals surface area contributed by atoms with E-state index >= 15 is 0 Å². The van der Waals surface area contributed by atoms with E-state index in [0.29, 0.717) is 11.6 Å². The molecule has 0 atom stereocenters. The van der Waals surface area contributed by atoms with Gasteiger partial charge < -0.3 is 5.11 Å². The zero-order valence-corrected chi connectivity index (χ0v) is 10.7. The van der Waals surface area contributed by atoms with Gasteiger partial charge in [0.05, 0.1) is 6.21 Å². The van der Waals surface area contributed by atoms with Gasteiger partial charge in [-0.3, -0.25) is 9.89 Å². The third-order valence-electron chi connectivity index (χ3n) is 3.12. The highest BCUT2D eigenvalue weighted by atomic mass is 16.3. The molecule has 1 amide bonds. The zero-order chi connectivity index (χ0) is 13.9. The maximum atomic E-state index is 11.8. The predicted molar refractivity (Wildman–Crippen MR) is 73.7 cm³/mol. The molecule has 1 aliphatic carbocycles. The Kier molecular flexibility index (Phi) is 3.20. The Hall–Kier alpha value is -2.63. The molecule has 0 radical (unpaired) electrons. The zero-order valence-electron chi connectivity index (χ0n) is 10.7. The highest BCUT2D eigenvalue weighted by molar-refractivity contribution is 5.93. The minimum absolute atomic E-state index is 0.190. The molecule has 1 aliphatic rings. The number of carbonyl (C=O) groups excluding carboxylic acids is 1. The van der Waals surface area contributed by atoms with Gasteiger partial charge in [0, 0.05) is 11.6 Å². The molecule has 0 saturated heterocycles. The molecular formula is C14H14N4O2. The van der Waals surface area contributed by atoms with E-state index in [1.165, 1.54) is 6.21 Å². The topological polar surface area (TPSA) is 90.4 Å². The monoisotopic (exact) mass is 270 g/mol. The number of H-pyrrole nitrogens is 1. The highest BCUT2D eigenvalue weighted by Crippen LogP contribution is 2.38. The first-order chi connectivity index (χ1) is 9.72. The molecule has 1 fully saturated rings. The van der Waals surface area contributed by atoms with Crippen LogP contribution in [0.3, 0.4) is 0 Å². The molecule has 0 spiro atoms. The molecular weight excluding hydrogens is 256 g/mol. The fourth-order valence-corrected chi connectivity index (χ4v) is 1.84. The fraction of sp³-hybridized carbons (Fsp3) is 0.214. The van der Waals surface area contributed by atoms with Crippen molar-refractivity contribution in [3.05, 3.63) is 47.3 Å². The number of amides is 1. The van der Waals surface area contributed by atoms with Crippen LogP contribution in [-0.4, -0.2) is 27.4 Å². The number of aromatic hydroxyl groups is 1. The van der Waals surface area contributed by atoms with E-state index in [2.05, 4.69) is 20.7 Å². The van der Waals surface area contributed by atoms with Gasteiger partial charge >= 0.3 is 0 Å². The molecule has 20 heavy (non-hydrogen) atoms. The summed E-state index contributed by atoms with van der Waals surface area (Å²) in [5, 5.41) is 19.8. The van der Waals surface area contributed by atoms with Gasteiger partial charge in [-0.1, -0.05) is 0 Å². The Labute approximate surface area is 115 Å². The van der Waals surface area contributed by atoms with Crippen LogP contribution in [0.25, 0.3) is 0 Å². The normalized spacial score (nSPS) is 14.6. The van der Waals surface area contributed by atoms with Crippen molar-refractivity contribution in [1.29, 1.82) is 0 Å². The second kappa shape index (κ2) is 5.16. The second-order valence-corrected chi connectivity index (χ2v) is 4.77. The van der Waals surface area contributed by atoms with Crippen molar-refractivity contribution < 1.29 is 9.90 Å². The number of aromatic amines is 1. The van der Waals surface area contributed by atoms with Gasteiger partial charge in [-0.15, -0.1) is 0 Å². The number of phenolic OH excluding ortho intramolecular Hbond substituents is 1. The van der Waals surface area contributed by atoms with E-state index in [4.69, 9.17) is 5.11 Å². The Morgan fingerprint density at radius 1 is 1.40 bits per heavy atom. The van der Waals surface area contributed by atoms with E-state index in [9.17, 15) is 4.79 Å². The second-order valence-electron chi connectivity index (χ2n) is 4.77. The summed E-state index contributed by atoms with van der Waals surface area (Å²) in [6, 6.07) is 8.27. The van der Waals surface area contributed by atoms with E-state index in [1.54, 1.807) is 30.3 Å². The first kappa shape index (κ1) is 12.4. The van der Waals surface area contributed by atoms with Crippen molar-refractivity contribution in [2.45, 2.75) is 18.8 Å². The lowest BCUT2D eigenvalue weighted by molar-refractivity contribution is 0.0950. The SMILES string of the molecule is O=C(N/N=C/c1ccc(O)cc1)c1cc(C2CC2)[nH]n1. The number of nitrogens with one attached hydrogen (secondary N) is 2. The number of hydrogen-bond donors (Lipinski definition) is 3.